The molecule has 6 heteroatoms. The van der Waals surface area contributed by atoms with Crippen molar-refractivity contribution in [3.05, 3.63) is 105 Å². The van der Waals surface area contributed by atoms with Gasteiger partial charge in [0, 0.05) is 4.88 Å². The molecule has 0 spiro atoms. The number of carbonyl (C=O) groups excluding carboxylic acids is 1. The fourth-order valence-corrected chi connectivity index (χ4v) is 3.42. The van der Waals surface area contributed by atoms with Crippen LogP contribution in [-0.4, -0.2) is 15.3 Å². The van der Waals surface area contributed by atoms with Crippen molar-refractivity contribution in [2.24, 2.45) is 0 Å². The third-order valence-corrected chi connectivity index (χ3v) is 5.21. The summed E-state index contributed by atoms with van der Waals surface area (Å²) in [7, 11) is 0. The molecule has 0 unspecified atom stereocenters. The molecule has 0 amide bonds. The SMILES string of the molecule is O=C(/C=C/c1ccc(OCn2cnc3ccccc3c2=O)cc1)/C=C/c1cccs1. The van der Waals surface area contributed by atoms with Gasteiger partial charge in [0.2, 0.25) is 0 Å². The summed E-state index contributed by atoms with van der Waals surface area (Å²) in [6.45, 7) is 0.0673. The minimum atomic E-state index is -0.144. The Labute approximate surface area is 177 Å². The summed E-state index contributed by atoms with van der Waals surface area (Å²) in [5.41, 5.74) is 1.40. The van der Waals surface area contributed by atoms with Gasteiger partial charge >= 0.3 is 0 Å². The first kappa shape index (κ1) is 19.5. The van der Waals surface area contributed by atoms with Gasteiger partial charge in [0.25, 0.3) is 5.56 Å². The van der Waals surface area contributed by atoms with Crippen LogP contribution in [0.1, 0.15) is 10.4 Å². The lowest BCUT2D eigenvalue weighted by molar-refractivity contribution is -0.110. The highest BCUT2D eigenvalue weighted by atomic mass is 32.1. The number of fused-ring (bicyclic) bond motifs is 1. The van der Waals surface area contributed by atoms with Crippen molar-refractivity contribution < 1.29 is 9.53 Å². The van der Waals surface area contributed by atoms with Gasteiger partial charge in [-0.3, -0.25) is 14.2 Å². The zero-order valence-electron chi connectivity index (χ0n) is 16.0. The van der Waals surface area contributed by atoms with Gasteiger partial charge in [-0.05, 0) is 59.5 Å². The van der Waals surface area contributed by atoms with Crippen LogP contribution in [0.5, 0.6) is 5.75 Å². The van der Waals surface area contributed by atoms with Crippen molar-refractivity contribution >= 4 is 40.2 Å². The van der Waals surface area contributed by atoms with E-state index < -0.39 is 0 Å². The van der Waals surface area contributed by atoms with Gasteiger partial charge in [-0.25, -0.2) is 4.98 Å². The van der Waals surface area contributed by atoms with Crippen molar-refractivity contribution in [2.75, 3.05) is 0 Å². The van der Waals surface area contributed by atoms with E-state index in [1.165, 1.54) is 17.0 Å². The molecule has 4 aromatic rings. The minimum Gasteiger partial charge on any atom is -0.473 e. The van der Waals surface area contributed by atoms with Crippen molar-refractivity contribution in [1.29, 1.82) is 0 Å². The maximum atomic E-state index is 12.5. The summed E-state index contributed by atoms with van der Waals surface area (Å²) in [6, 6.07) is 18.4. The van der Waals surface area contributed by atoms with E-state index in [4.69, 9.17) is 4.74 Å². The Bertz CT molecular complexity index is 1270. The summed E-state index contributed by atoms with van der Waals surface area (Å²) < 4.78 is 7.13. The molecule has 2 aromatic heterocycles. The maximum Gasteiger partial charge on any atom is 0.263 e. The van der Waals surface area contributed by atoms with Crippen molar-refractivity contribution in [3.63, 3.8) is 0 Å². The molecule has 2 heterocycles. The van der Waals surface area contributed by atoms with E-state index in [-0.39, 0.29) is 18.1 Å². The predicted octanol–water partition coefficient (Wildman–Crippen LogP) is 4.79. The number of benzene rings is 2. The minimum absolute atomic E-state index is 0.0673. The molecule has 0 N–H and O–H groups in total. The fraction of sp³-hybridized carbons (Fsp3) is 0.0417. The van der Waals surface area contributed by atoms with E-state index in [1.807, 2.05) is 41.8 Å². The maximum absolute atomic E-state index is 12.5. The second kappa shape index (κ2) is 9.15. The van der Waals surface area contributed by atoms with Crippen LogP contribution in [0.25, 0.3) is 23.1 Å². The number of ether oxygens (including phenoxy) is 1. The second-order valence-electron chi connectivity index (χ2n) is 6.46. The van der Waals surface area contributed by atoms with Crippen LogP contribution in [0.2, 0.25) is 0 Å². The standard InChI is InChI=1S/C24H18N2O3S/c27-19(11-14-21-4-3-15-30-21)10-7-18-8-12-20(13-9-18)29-17-26-16-25-23-6-2-1-5-22(23)24(26)28/h1-16H,17H2/b10-7+,14-11+. The lowest BCUT2D eigenvalue weighted by Gasteiger charge is -2.09. The van der Waals surface area contributed by atoms with Gasteiger partial charge in [0.05, 0.1) is 10.9 Å². The number of ketones is 1. The average molecular weight is 414 g/mol. The van der Waals surface area contributed by atoms with Gasteiger partial charge in [0.1, 0.15) is 12.1 Å². The van der Waals surface area contributed by atoms with Crippen LogP contribution >= 0.6 is 11.3 Å². The molecule has 148 valence electrons. The molecular formula is C24H18N2O3S. The summed E-state index contributed by atoms with van der Waals surface area (Å²) >= 11 is 1.58. The fourth-order valence-electron chi connectivity index (χ4n) is 2.80. The zero-order valence-corrected chi connectivity index (χ0v) is 16.8. The predicted molar refractivity (Wildman–Crippen MR) is 120 cm³/mol. The molecule has 0 saturated carbocycles. The largest absolute Gasteiger partial charge is 0.473 e. The quantitative estimate of drug-likeness (QED) is 0.408. The van der Waals surface area contributed by atoms with Gasteiger partial charge in [-0.2, -0.15) is 0 Å². The van der Waals surface area contributed by atoms with Crippen molar-refractivity contribution in [1.82, 2.24) is 9.55 Å². The molecule has 0 fully saturated rings. The highest BCUT2D eigenvalue weighted by molar-refractivity contribution is 7.10. The van der Waals surface area contributed by atoms with Crippen LogP contribution < -0.4 is 10.3 Å². The normalized spacial score (nSPS) is 11.5. The lowest BCUT2D eigenvalue weighted by atomic mass is 10.2. The lowest BCUT2D eigenvalue weighted by Crippen LogP contribution is -2.23. The summed E-state index contributed by atoms with van der Waals surface area (Å²) in [5.74, 6) is 0.544. The first-order valence-corrected chi connectivity index (χ1v) is 10.2. The number of rotatable bonds is 7. The highest BCUT2D eigenvalue weighted by Gasteiger charge is 2.03. The molecule has 0 atom stereocenters. The number of aromatic nitrogens is 2. The van der Waals surface area contributed by atoms with Gasteiger partial charge in [0.15, 0.2) is 12.5 Å². The van der Waals surface area contributed by atoms with E-state index in [9.17, 15) is 9.59 Å². The zero-order chi connectivity index (χ0) is 20.8. The number of hydrogen-bond acceptors (Lipinski definition) is 5. The highest BCUT2D eigenvalue weighted by Crippen LogP contribution is 2.14. The summed E-state index contributed by atoms with van der Waals surface area (Å²) in [6.07, 6.45) is 8.12. The van der Waals surface area contributed by atoms with Crippen LogP contribution in [0.4, 0.5) is 0 Å². The summed E-state index contributed by atoms with van der Waals surface area (Å²) in [5, 5.41) is 2.53. The Morgan fingerprint density at radius 2 is 1.80 bits per heavy atom. The molecular weight excluding hydrogens is 396 g/mol. The molecule has 0 saturated heterocycles. The Morgan fingerprint density at radius 1 is 1.00 bits per heavy atom. The molecule has 0 radical (unpaired) electrons. The Morgan fingerprint density at radius 3 is 2.60 bits per heavy atom. The smallest absolute Gasteiger partial charge is 0.263 e. The third kappa shape index (κ3) is 4.79. The van der Waals surface area contributed by atoms with Crippen LogP contribution in [0, 0.1) is 0 Å². The number of nitrogens with zero attached hydrogens (tertiary/aromatic N) is 2. The van der Waals surface area contributed by atoms with Gasteiger partial charge < -0.3 is 4.74 Å². The molecule has 2 aromatic carbocycles. The van der Waals surface area contributed by atoms with Crippen LogP contribution in [-0.2, 0) is 11.5 Å². The molecule has 30 heavy (non-hydrogen) atoms. The van der Waals surface area contributed by atoms with E-state index in [0.717, 1.165) is 10.4 Å². The molecule has 0 aliphatic carbocycles. The molecule has 4 rings (SSSR count). The second-order valence-corrected chi connectivity index (χ2v) is 7.44. The Hall–Kier alpha value is -3.77. The summed E-state index contributed by atoms with van der Waals surface area (Å²) in [4.78, 5) is 29.7. The van der Waals surface area contributed by atoms with Crippen LogP contribution in [0.3, 0.4) is 0 Å². The number of allylic oxidation sites excluding steroid dienone is 2. The molecule has 0 aliphatic rings. The Balaban J connectivity index is 1.36. The van der Waals surface area contributed by atoms with E-state index in [1.54, 1.807) is 53.8 Å². The van der Waals surface area contributed by atoms with Crippen LogP contribution in [0.15, 0.2) is 89.3 Å². The number of thiophene rings is 1. The molecule has 0 aliphatic heterocycles. The monoisotopic (exact) mass is 414 g/mol. The first-order valence-electron chi connectivity index (χ1n) is 9.30. The average Bonchev–Trinajstić information content (AvgIpc) is 3.30. The third-order valence-electron chi connectivity index (χ3n) is 4.38. The van der Waals surface area contributed by atoms with Gasteiger partial charge in [-0.15, -0.1) is 11.3 Å². The van der Waals surface area contributed by atoms with E-state index in [2.05, 4.69) is 4.98 Å². The molecule has 5 nitrogen and oxygen atoms in total. The Kier molecular flexibility index (Phi) is 5.96. The van der Waals surface area contributed by atoms with Crippen molar-refractivity contribution in [3.8, 4) is 5.75 Å². The number of hydrogen-bond donors (Lipinski definition) is 0. The van der Waals surface area contributed by atoms with E-state index in [0.29, 0.717) is 16.7 Å². The molecule has 0 bridgehead atoms. The van der Waals surface area contributed by atoms with Crippen molar-refractivity contribution in [2.45, 2.75) is 6.73 Å². The topological polar surface area (TPSA) is 61.2 Å². The number of carbonyl (C=O) groups is 1. The number of para-hydroxylation sites is 1. The van der Waals surface area contributed by atoms with Gasteiger partial charge in [-0.1, -0.05) is 36.4 Å². The first-order chi connectivity index (χ1) is 14.7. The van der Waals surface area contributed by atoms with E-state index >= 15 is 0 Å².